The van der Waals surface area contributed by atoms with Crippen molar-refractivity contribution in [3.8, 4) is 0 Å². The fraction of sp³-hybridized carbons (Fsp3) is 0.364. The minimum Gasteiger partial charge on any atom is -0.324 e. The molecule has 5 heteroatoms. The molecule has 2 N–H and O–H groups in total. The van der Waals surface area contributed by atoms with Gasteiger partial charge in [-0.1, -0.05) is 6.92 Å². The van der Waals surface area contributed by atoms with Crippen LogP contribution in [0.1, 0.15) is 24.9 Å². The molecule has 1 aliphatic heterocycles. The third-order valence-electron chi connectivity index (χ3n) is 2.50. The van der Waals surface area contributed by atoms with Crippen LogP contribution in [-0.2, 0) is 4.79 Å². The summed E-state index contributed by atoms with van der Waals surface area (Å²) in [5, 5.41) is 5.38. The average Bonchev–Trinajstić information content (AvgIpc) is 2.51. The van der Waals surface area contributed by atoms with Gasteiger partial charge in [0.15, 0.2) is 0 Å². The van der Waals surface area contributed by atoms with Gasteiger partial charge in [0.2, 0.25) is 5.91 Å². The van der Waals surface area contributed by atoms with Crippen molar-refractivity contribution in [1.29, 1.82) is 0 Å². The van der Waals surface area contributed by atoms with Gasteiger partial charge in [0.1, 0.15) is 17.7 Å². The third-order valence-corrected chi connectivity index (χ3v) is 2.50. The molecule has 16 heavy (non-hydrogen) atoms. The van der Waals surface area contributed by atoms with Gasteiger partial charge in [-0.15, -0.1) is 0 Å². The van der Waals surface area contributed by atoms with Crippen LogP contribution in [0.3, 0.4) is 0 Å². The number of nitrogens with one attached hydrogen (secondary N) is 2. The predicted octanol–water partition coefficient (Wildman–Crippen LogP) is 1.96. The Morgan fingerprint density at radius 1 is 1.44 bits per heavy atom. The van der Waals surface area contributed by atoms with Gasteiger partial charge in [-0.3, -0.25) is 4.79 Å². The number of benzene rings is 1. The molecule has 0 radical (unpaired) electrons. The van der Waals surface area contributed by atoms with E-state index in [2.05, 4.69) is 10.6 Å². The topological polar surface area (TPSA) is 41.1 Å². The molecule has 1 amide bonds. The van der Waals surface area contributed by atoms with Crippen LogP contribution >= 0.6 is 0 Å². The minimum atomic E-state index is -0.712. The Kier molecular flexibility index (Phi) is 2.87. The second-order valence-corrected chi connectivity index (χ2v) is 3.73. The van der Waals surface area contributed by atoms with Crippen molar-refractivity contribution in [2.75, 3.05) is 11.9 Å². The molecular weight excluding hydrogens is 214 g/mol. The second kappa shape index (κ2) is 4.17. The maximum atomic E-state index is 13.5. The molecule has 2 rings (SSSR count). The number of anilines is 1. The van der Waals surface area contributed by atoms with Crippen LogP contribution in [0.15, 0.2) is 12.1 Å². The van der Waals surface area contributed by atoms with Crippen LogP contribution in [0.4, 0.5) is 14.5 Å². The standard InChI is InChI=1S/C11H12F2N2O/c1-2-3-14-10-9-7(13)4-6(12)5-8(9)15-11(10)16/h4-5,10,14H,2-3H2,1H3,(H,15,16). The summed E-state index contributed by atoms with van der Waals surface area (Å²) in [6, 6.07) is 1.21. The summed E-state index contributed by atoms with van der Waals surface area (Å²) in [6.45, 7) is 2.55. The average molecular weight is 226 g/mol. The first-order chi connectivity index (χ1) is 7.63. The quantitative estimate of drug-likeness (QED) is 0.827. The maximum absolute atomic E-state index is 13.5. The molecule has 0 spiro atoms. The van der Waals surface area contributed by atoms with Crippen LogP contribution < -0.4 is 10.6 Å². The molecule has 0 saturated heterocycles. The summed E-state index contributed by atoms with van der Waals surface area (Å²) in [4.78, 5) is 11.5. The zero-order chi connectivity index (χ0) is 11.7. The van der Waals surface area contributed by atoms with E-state index in [-0.39, 0.29) is 17.2 Å². The Bertz CT molecular complexity index is 434. The van der Waals surface area contributed by atoms with Crippen molar-refractivity contribution in [3.63, 3.8) is 0 Å². The van der Waals surface area contributed by atoms with Crippen LogP contribution in [0.25, 0.3) is 0 Å². The Morgan fingerprint density at radius 3 is 2.88 bits per heavy atom. The van der Waals surface area contributed by atoms with Gasteiger partial charge in [-0.25, -0.2) is 8.78 Å². The molecule has 0 bridgehead atoms. The van der Waals surface area contributed by atoms with Gasteiger partial charge in [-0.2, -0.15) is 0 Å². The van der Waals surface area contributed by atoms with Crippen molar-refractivity contribution >= 4 is 11.6 Å². The number of fused-ring (bicyclic) bond motifs is 1. The monoisotopic (exact) mass is 226 g/mol. The van der Waals surface area contributed by atoms with E-state index in [4.69, 9.17) is 0 Å². The number of carbonyl (C=O) groups excluding carboxylic acids is 1. The molecule has 0 fully saturated rings. The first kappa shape index (κ1) is 11.0. The number of hydrogen-bond donors (Lipinski definition) is 2. The molecule has 3 nitrogen and oxygen atoms in total. The molecule has 1 aromatic rings. The minimum absolute atomic E-state index is 0.208. The molecule has 1 unspecified atom stereocenters. The highest BCUT2D eigenvalue weighted by atomic mass is 19.1. The Balaban J connectivity index is 2.36. The number of hydrogen-bond acceptors (Lipinski definition) is 2. The largest absolute Gasteiger partial charge is 0.324 e. The summed E-state index contributed by atoms with van der Waals surface area (Å²) in [5.41, 5.74) is 0.427. The first-order valence-electron chi connectivity index (χ1n) is 5.16. The molecule has 1 aliphatic rings. The van der Waals surface area contributed by atoms with Crippen molar-refractivity contribution < 1.29 is 13.6 Å². The number of rotatable bonds is 3. The van der Waals surface area contributed by atoms with E-state index in [9.17, 15) is 13.6 Å². The molecular formula is C11H12F2N2O. The van der Waals surface area contributed by atoms with Gasteiger partial charge in [0.05, 0.1) is 5.69 Å². The van der Waals surface area contributed by atoms with E-state index in [0.29, 0.717) is 6.54 Å². The molecule has 0 aliphatic carbocycles. The molecule has 86 valence electrons. The Morgan fingerprint density at radius 2 is 2.19 bits per heavy atom. The summed E-state index contributed by atoms with van der Waals surface area (Å²) in [7, 11) is 0. The summed E-state index contributed by atoms with van der Waals surface area (Å²) < 4.78 is 26.4. The van der Waals surface area contributed by atoms with Crippen molar-refractivity contribution in [2.24, 2.45) is 0 Å². The van der Waals surface area contributed by atoms with Crippen molar-refractivity contribution in [1.82, 2.24) is 5.32 Å². The molecule has 1 aromatic carbocycles. The lowest BCUT2D eigenvalue weighted by molar-refractivity contribution is -0.117. The van der Waals surface area contributed by atoms with E-state index in [0.717, 1.165) is 18.6 Å². The van der Waals surface area contributed by atoms with Gasteiger partial charge in [-0.05, 0) is 19.0 Å². The summed E-state index contributed by atoms with van der Waals surface area (Å²) in [6.07, 6.45) is 0.835. The molecule has 1 atom stereocenters. The lowest BCUT2D eigenvalue weighted by Gasteiger charge is -2.10. The van der Waals surface area contributed by atoms with Crippen molar-refractivity contribution in [2.45, 2.75) is 19.4 Å². The van der Waals surface area contributed by atoms with Crippen LogP contribution in [0, 0.1) is 11.6 Å². The van der Waals surface area contributed by atoms with Gasteiger partial charge >= 0.3 is 0 Å². The van der Waals surface area contributed by atoms with E-state index in [1.54, 1.807) is 0 Å². The predicted molar refractivity (Wildman–Crippen MR) is 56.0 cm³/mol. The highest BCUT2D eigenvalue weighted by molar-refractivity contribution is 6.02. The SMILES string of the molecule is CCCNC1C(=O)Nc2cc(F)cc(F)c21. The highest BCUT2D eigenvalue weighted by Gasteiger charge is 2.33. The van der Waals surface area contributed by atoms with E-state index in [1.165, 1.54) is 0 Å². The second-order valence-electron chi connectivity index (χ2n) is 3.73. The summed E-state index contributed by atoms with van der Waals surface area (Å²) >= 11 is 0. The van der Waals surface area contributed by atoms with Crippen LogP contribution in [0.5, 0.6) is 0 Å². The van der Waals surface area contributed by atoms with Crippen molar-refractivity contribution in [3.05, 3.63) is 29.3 Å². The highest BCUT2D eigenvalue weighted by Crippen LogP contribution is 2.33. The smallest absolute Gasteiger partial charge is 0.246 e. The lowest BCUT2D eigenvalue weighted by atomic mass is 10.1. The fourth-order valence-electron chi connectivity index (χ4n) is 1.80. The van der Waals surface area contributed by atoms with Gasteiger partial charge < -0.3 is 10.6 Å². The zero-order valence-electron chi connectivity index (χ0n) is 8.81. The molecule has 0 aromatic heterocycles. The Labute approximate surface area is 91.8 Å². The van der Waals surface area contributed by atoms with E-state index < -0.39 is 17.7 Å². The van der Waals surface area contributed by atoms with Gasteiger partial charge in [0.25, 0.3) is 0 Å². The number of amides is 1. The van der Waals surface area contributed by atoms with Crippen LogP contribution in [0.2, 0.25) is 0 Å². The number of carbonyl (C=O) groups is 1. The molecule has 1 heterocycles. The number of halogens is 2. The van der Waals surface area contributed by atoms with Crippen LogP contribution in [-0.4, -0.2) is 12.5 Å². The lowest BCUT2D eigenvalue weighted by Crippen LogP contribution is -2.28. The fourth-order valence-corrected chi connectivity index (χ4v) is 1.80. The Hall–Kier alpha value is -1.49. The first-order valence-corrected chi connectivity index (χ1v) is 5.16. The van der Waals surface area contributed by atoms with Gasteiger partial charge in [0, 0.05) is 11.6 Å². The van der Waals surface area contributed by atoms with E-state index >= 15 is 0 Å². The third kappa shape index (κ3) is 1.78. The maximum Gasteiger partial charge on any atom is 0.246 e. The summed E-state index contributed by atoms with van der Waals surface area (Å²) in [5.74, 6) is -1.72. The zero-order valence-corrected chi connectivity index (χ0v) is 8.81. The molecule has 0 saturated carbocycles. The normalized spacial score (nSPS) is 18.4. The van der Waals surface area contributed by atoms with E-state index in [1.807, 2.05) is 6.92 Å².